The monoisotopic (exact) mass is 189 g/mol. The molecule has 0 amide bonds. The van der Waals surface area contributed by atoms with Crippen LogP contribution in [0.25, 0.3) is 0 Å². The number of likely N-dealkylation sites (tertiary alicyclic amines) is 1. The van der Waals surface area contributed by atoms with Crippen LogP contribution in [0, 0.1) is 5.41 Å². The van der Waals surface area contributed by atoms with Crippen LogP contribution in [0.15, 0.2) is 0 Å². The largest absolute Gasteiger partial charge is 0.294 e. The van der Waals surface area contributed by atoms with Crippen molar-refractivity contribution in [1.29, 1.82) is 0 Å². The molecule has 1 unspecified atom stereocenters. The highest BCUT2D eigenvalue weighted by Crippen LogP contribution is 2.50. The van der Waals surface area contributed by atoms with Crippen molar-refractivity contribution in [2.45, 2.75) is 45.1 Å². The number of hydrogen-bond acceptors (Lipinski definition) is 1. The Morgan fingerprint density at radius 3 is 2.54 bits per heavy atom. The highest BCUT2D eigenvalue weighted by atomic mass is 19.3. The first-order chi connectivity index (χ1) is 6.11. The highest BCUT2D eigenvalue weighted by molar-refractivity contribution is 4.99. The average molecular weight is 189 g/mol. The molecule has 2 fully saturated rings. The topological polar surface area (TPSA) is 3.24 Å². The number of rotatable bonds is 2. The summed E-state index contributed by atoms with van der Waals surface area (Å²) in [5.41, 5.74) is 0.439. The molecule has 13 heavy (non-hydrogen) atoms. The van der Waals surface area contributed by atoms with Gasteiger partial charge < -0.3 is 0 Å². The van der Waals surface area contributed by atoms with E-state index in [9.17, 15) is 8.78 Å². The maximum absolute atomic E-state index is 12.2. The Labute approximate surface area is 78.1 Å². The van der Waals surface area contributed by atoms with E-state index in [0.717, 1.165) is 13.0 Å². The second kappa shape index (κ2) is 3.19. The zero-order chi connectivity index (χ0) is 9.47. The van der Waals surface area contributed by atoms with Crippen LogP contribution in [0.5, 0.6) is 0 Å². The molecule has 1 heterocycles. The molecule has 0 aromatic rings. The molecule has 0 radical (unpaired) electrons. The van der Waals surface area contributed by atoms with Crippen molar-refractivity contribution in [3.63, 3.8) is 0 Å². The van der Waals surface area contributed by atoms with E-state index in [1.165, 1.54) is 19.3 Å². The van der Waals surface area contributed by atoms with Gasteiger partial charge in [-0.15, -0.1) is 0 Å². The molecule has 0 aromatic heterocycles. The fourth-order valence-corrected chi connectivity index (χ4v) is 2.87. The number of hydrogen-bond donors (Lipinski definition) is 0. The van der Waals surface area contributed by atoms with Crippen LogP contribution in [0.4, 0.5) is 8.78 Å². The van der Waals surface area contributed by atoms with Crippen molar-refractivity contribution in [1.82, 2.24) is 4.90 Å². The Morgan fingerprint density at radius 1 is 1.46 bits per heavy atom. The molecule has 3 heteroatoms. The molecule has 0 aromatic carbocycles. The normalized spacial score (nSPS) is 32.8. The minimum absolute atomic E-state index is 0.0249. The van der Waals surface area contributed by atoms with Gasteiger partial charge in [-0.25, -0.2) is 8.78 Å². The summed E-state index contributed by atoms with van der Waals surface area (Å²) >= 11 is 0. The summed E-state index contributed by atoms with van der Waals surface area (Å²) in [6.45, 7) is 2.97. The van der Waals surface area contributed by atoms with Gasteiger partial charge in [-0.2, -0.15) is 0 Å². The Morgan fingerprint density at radius 2 is 2.15 bits per heavy atom. The van der Waals surface area contributed by atoms with Gasteiger partial charge in [0, 0.05) is 12.6 Å². The number of nitrogens with zero attached hydrogens (tertiary/aromatic N) is 1. The molecule has 1 saturated carbocycles. The zero-order valence-electron chi connectivity index (χ0n) is 8.10. The Kier molecular flexibility index (Phi) is 2.30. The predicted molar refractivity (Wildman–Crippen MR) is 47.9 cm³/mol. The summed E-state index contributed by atoms with van der Waals surface area (Å²) < 4.78 is 24.4. The fraction of sp³-hybridized carbons (Fsp3) is 1.00. The summed E-state index contributed by atoms with van der Waals surface area (Å²) in [7, 11) is 0. The number of halogens is 2. The van der Waals surface area contributed by atoms with Crippen LogP contribution in [0.2, 0.25) is 0 Å². The first-order valence-electron chi connectivity index (χ1n) is 5.14. The van der Waals surface area contributed by atoms with Crippen LogP contribution in [0.1, 0.15) is 32.6 Å². The second-order valence-electron chi connectivity index (χ2n) is 4.73. The van der Waals surface area contributed by atoms with Gasteiger partial charge in [-0.3, -0.25) is 4.90 Å². The van der Waals surface area contributed by atoms with E-state index in [4.69, 9.17) is 0 Å². The Balaban J connectivity index is 1.91. The Bertz CT molecular complexity index is 189. The van der Waals surface area contributed by atoms with Crippen molar-refractivity contribution >= 4 is 0 Å². The third-order valence-corrected chi connectivity index (χ3v) is 3.68. The Hall–Kier alpha value is -0.180. The molecular weight excluding hydrogens is 172 g/mol. The van der Waals surface area contributed by atoms with Crippen LogP contribution >= 0.6 is 0 Å². The predicted octanol–water partition coefficient (Wildman–Crippen LogP) is 2.52. The van der Waals surface area contributed by atoms with Gasteiger partial charge in [0.15, 0.2) is 0 Å². The van der Waals surface area contributed by atoms with Crippen LogP contribution in [0.3, 0.4) is 0 Å². The van der Waals surface area contributed by atoms with Gasteiger partial charge in [-0.1, -0.05) is 6.42 Å². The van der Waals surface area contributed by atoms with Gasteiger partial charge in [0.05, 0.1) is 6.54 Å². The van der Waals surface area contributed by atoms with Crippen molar-refractivity contribution in [2.75, 3.05) is 13.1 Å². The third kappa shape index (κ3) is 1.71. The summed E-state index contributed by atoms with van der Waals surface area (Å²) in [6, 6.07) is 0.370. The van der Waals surface area contributed by atoms with Crippen molar-refractivity contribution in [2.24, 2.45) is 5.41 Å². The first-order valence-corrected chi connectivity index (χ1v) is 5.14. The van der Waals surface area contributed by atoms with Crippen molar-refractivity contribution < 1.29 is 8.78 Å². The van der Waals surface area contributed by atoms with Gasteiger partial charge in [0.1, 0.15) is 0 Å². The SMILES string of the molecule is CC1CC2(CCC2)CN1CC(F)F. The minimum Gasteiger partial charge on any atom is -0.294 e. The second-order valence-corrected chi connectivity index (χ2v) is 4.73. The molecule has 2 aliphatic rings. The molecule has 76 valence electrons. The number of alkyl halides is 2. The molecule has 1 spiro atoms. The average Bonchev–Trinajstić information content (AvgIpc) is 2.27. The smallest absolute Gasteiger partial charge is 0.251 e. The molecule has 1 nitrogen and oxygen atoms in total. The van der Waals surface area contributed by atoms with Crippen molar-refractivity contribution in [3.8, 4) is 0 Å². The molecular formula is C10H17F2N. The molecule has 1 saturated heterocycles. The molecule has 0 bridgehead atoms. The quantitative estimate of drug-likeness (QED) is 0.645. The molecule has 1 aliphatic carbocycles. The lowest BCUT2D eigenvalue weighted by Crippen LogP contribution is -2.35. The molecule has 2 rings (SSSR count). The maximum atomic E-state index is 12.2. The van der Waals surface area contributed by atoms with Crippen molar-refractivity contribution in [3.05, 3.63) is 0 Å². The van der Waals surface area contributed by atoms with Gasteiger partial charge >= 0.3 is 0 Å². The molecule has 1 atom stereocenters. The van der Waals surface area contributed by atoms with E-state index in [1.54, 1.807) is 0 Å². The van der Waals surface area contributed by atoms with Crippen LogP contribution in [-0.4, -0.2) is 30.5 Å². The lowest BCUT2D eigenvalue weighted by atomic mass is 9.68. The molecule has 1 aliphatic heterocycles. The highest BCUT2D eigenvalue weighted by Gasteiger charge is 2.46. The van der Waals surface area contributed by atoms with Crippen LogP contribution < -0.4 is 0 Å². The van der Waals surface area contributed by atoms with E-state index in [-0.39, 0.29) is 6.54 Å². The summed E-state index contributed by atoms with van der Waals surface area (Å²) in [6.07, 6.45) is 2.79. The standard InChI is InChI=1S/C10H17F2N/c1-8-5-10(3-2-4-10)7-13(8)6-9(11)12/h8-9H,2-7H2,1H3. The summed E-state index contributed by atoms with van der Waals surface area (Å²) in [5.74, 6) is 0. The third-order valence-electron chi connectivity index (χ3n) is 3.68. The molecule has 0 N–H and O–H groups in total. The summed E-state index contributed by atoms with van der Waals surface area (Å²) in [4.78, 5) is 1.96. The lowest BCUT2D eigenvalue weighted by Gasteiger charge is -2.38. The van der Waals surface area contributed by atoms with E-state index >= 15 is 0 Å². The lowest BCUT2D eigenvalue weighted by molar-refractivity contribution is 0.0721. The van der Waals surface area contributed by atoms with Crippen LogP contribution in [-0.2, 0) is 0 Å². The van der Waals surface area contributed by atoms with Gasteiger partial charge in [-0.05, 0) is 31.6 Å². The zero-order valence-corrected chi connectivity index (χ0v) is 8.10. The minimum atomic E-state index is -2.17. The van der Waals surface area contributed by atoms with Gasteiger partial charge in [0.2, 0.25) is 0 Å². The van der Waals surface area contributed by atoms with E-state index in [1.807, 2.05) is 4.90 Å². The fourth-order valence-electron chi connectivity index (χ4n) is 2.87. The van der Waals surface area contributed by atoms with E-state index < -0.39 is 6.43 Å². The summed E-state index contributed by atoms with van der Waals surface area (Å²) in [5, 5.41) is 0. The van der Waals surface area contributed by atoms with Gasteiger partial charge in [0.25, 0.3) is 6.43 Å². The first kappa shape index (κ1) is 9.38. The van der Waals surface area contributed by atoms with E-state index in [2.05, 4.69) is 6.92 Å². The van der Waals surface area contributed by atoms with E-state index in [0.29, 0.717) is 11.5 Å². The maximum Gasteiger partial charge on any atom is 0.251 e.